The number of aryl methyl sites for hydroxylation is 1. The van der Waals surface area contributed by atoms with Crippen LogP contribution in [0.2, 0.25) is 0 Å². The summed E-state index contributed by atoms with van der Waals surface area (Å²) in [7, 11) is -2.02. The highest BCUT2D eigenvalue weighted by molar-refractivity contribution is 7.92. The summed E-state index contributed by atoms with van der Waals surface area (Å²) in [6, 6.07) is 11.6. The Kier molecular flexibility index (Phi) is 7.02. The molecule has 0 bridgehead atoms. The minimum absolute atomic E-state index is 0.0115. The molecule has 2 aromatic rings. The van der Waals surface area contributed by atoms with E-state index >= 15 is 0 Å². The standard InChI is InChI=1S/C21H27N3O4S/c1-6-15(3)22-21(26)17-9-7-8-10-18(17)23-20(25)16-12-11-14(2)19(13-16)24(4)29(5,27)28/h7-13,15H,6H2,1-5H3,(H,22,26)(H,23,25)/t15-/m0/s1. The van der Waals surface area contributed by atoms with Gasteiger partial charge in [-0.15, -0.1) is 0 Å². The van der Waals surface area contributed by atoms with Gasteiger partial charge in [-0.05, 0) is 50.1 Å². The second kappa shape index (κ2) is 9.09. The Morgan fingerprint density at radius 3 is 2.38 bits per heavy atom. The number of anilines is 2. The van der Waals surface area contributed by atoms with E-state index in [1.165, 1.54) is 13.1 Å². The van der Waals surface area contributed by atoms with Gasteiger partial charge in [0, 0.05) is 18.7 Å². The van der Waals surface area contributed by atoms with Gasteiger partial charge in [0.15, 0.2) is 0 Å². The van der Waals surface area contributed by atoms with Gasteiger partial charge < -0.3 is 10.6 Å². The van der Waals surface area contributed by atoms with Crippen LogP contribution in [0.1, 0.15) is 46.5 Å². The number of rotatable bonds is 7. The van der Waals surface area contributed by atoms with Crippen molar-refractivity contribution in [2.75, 3.05) is 22.9 Å². The van der Waals surface area contributed by atoms with Gasteiger partial charge in [0.2, 0.25) is 10.0 Å². The molecule has 2 rings (SSSR count). The molecule has 0 saturated carbocycles. The van der Waals surface area contributed by atoms with E-state index in [1.54, 1.807) is 43.3 Å². The van der Waals surface area contributed by atoms with Gasteiger partial charge in [-0.25, -0.2) is 8.42 Å². The van der Waals surface area contributed by atoms with E-state index in [0.717, 1.165) is 22.5 Å². The molecule has 2 N–H and O–H groups in total. The van der Waals surface area contributed by atoms with Crippen molar-refractivity contribution in [2.24, 2.45) is 0 Å². The van der Waals surface area contributed by atoms with Gasteiger partial charge in [-0.2, -0.15) is 0 Å². The first-order valence-electron chi connectivity index (χ1n) is 9.30. The molecule has 7 nitrogen and oxygen atoms in total. The quantitative estimate of drug-likeness (QED) is 0.723. The van der Waals surface area contributed by atoms with Crippen molar-refractivity contribution >= 4 is 33.2 Å². The van der Waals surface area contributed by atoms with Crippen LogP contribution in [0.3, 0.4) is 0 Å². The largest absolute Gasteiger partial charge is 0.350 e. The Morgan fingerprint density at radius 1 is 1.10 bits per heavy atom. The van der Waals surface area contributed by atoms with Crippen LogP contribution >= 0.6 is 0 Å². The van der Waals surface area contributed by atoms with Crippen molar-refractivity contribution in [3.63, 3.8) is 0 Å². The maximum atomic E-state index is 12.8. The van der Waals surface area contributed by atoms with Gasteiger partial charge in [-0.3, -0.25) is 13.9 Å². The molecule has 156 valence electrons. The van der Waals surface area contributed by atoms with Gasteiger partial charge in [-0.1, -0.05) is 25.1 Å². The molecule has 0 radical (unpaired) electrons. The van der Waals surface area contributed by atoms with Gasteiger partial charge in [0.05, 0.1) is 23.2 Å². The van der Waals surface area contributed by atoms with Crippen molar-refractivity contribution in [3.8, 4) is 0 Å². The van der Waals surface area contributed by atoms with Crippen LogP contribution < -0.4 is 14.9 Å². The molecule has 8 heteroatoms. The van der Waals surface area contributed by atoms with Gasteiger partial charge in [0.25, 0.3) is 11.8 Å². The van der Waals surface area contributed by atoms with E-state index in [-0.39, 0.29) is 11.9 Å². The number of para-hydroxylation sites is 1. The molecule has 0 spiro atoms. The number of carbonyl (C=O) groups is 2. The Labute approximate surface area is 172 Å². The third kappa shape index (κ3) is 5.57. The molecule has 2 aromatic carbocycles. The number of nitrogens with zero attached hydrogens (tertiary/aromatic N) is 1. The molecule has 0 unspecified atom stereocenters. The number of nitrogens with one attached hydrogen (secondary N) is 2. The van der Waals surface area contributed by atoms with E-state index in [1.807, 2.05) is 13.8 Å². The second-order valence-electron chi connectivity index (χ2n) is 7.01. The monoisotopic (exact) mass is 417 g/mol. The first-order chi connectivity index (χ1) is 13.5. The molecular formula is C21H27N3O4S. The maximum absolute atomic E-state index is 12.8. The number of benzene rings is 2. The van der Waals surface area contributed by atoms with Crippen molar-refractivity contribution in [2.45, 2.75) is 33.2 Å². The number of sulfonamides is 1. The minimum Gasteiger partial charge on any atom is -0.350 e. The highest BCUT2D eigenvalue weighted by Gasteiger charge is 2.18. The predicted octanol–water partition coefficient (Wildman–Crippen LogP) is 3.17. The van der Waals surface area contributed by atoms with E-state index in [9.17, 15) is 18.0 Å². The number of amides is 2. The molecule has 0 saturated heterocycles. The third-order valence-corrected chi connectivity index (χ3v) is 5.91. The summed E-state index contributed by atoms with van der Waals surface area (Å²) in [5.74, 6) is -0.700. The summed E-state index contributed by atoms with van der Waals surface area (Å²) < 4.78 is 24.9. The normalized spacial score (nSPS) is 12.2. The smallest absolute Gasteiger partial charge is 0.255 e. The lowest BCUT2D eigenvalue weighted by atomic mass is 10.1. The molecule has 0 aliphatic rings. The summed E-state index contributed by atoms with van der Waals surface area (Å²) in [6.07, 6.45) is 1.89. The number of hydrogen-bond acceptors (Lipinski definition) is 4. The molecule has 1 atom stereocenters. The SMILES string of the molecule is CC[C@H](C)NC(=O)c1ccccc1NC(=O)c1ccc(C)c(N(C)S(C)(=O)=O)c1. The number of carbonyl (C=O) groups excluding carboxylic acids is 2. The lowest BCUT2D eigenvalue weighted by Gasteiger charge is -2.20. The van der Waals surface area contributed by atoms with Crippen molar-refractivity contribution in [1.29, 1.82) is 0 Å². The van der Waals surface area contributed by atoms with Crippen LogP contribution in [0.4, 0.5) is 11.4 Å². The van der Waals surface area contributed by atoms with Crippen molar-refractivity contribution in [1.82, 2.24) is 5.32 Å². The fourth-order valence-electron chi connectivity index (χ4n) is 2.66. The highest BCUT2D eigenvalue weighted by atomic mass is 32.2. The fourth-order valence-corrected chi connectivity index (χ4v) is 3.21. The average molecular weight is 418 g/mol. The predicted molar refractivity (Wildman–Crippen MR) is 116 cm³/mol. The van der Waals surface area contributed by atoms with Crippen LogP contribution in [0.5, 0.6) is 0 Å². The van der Waals surface area contributed by atoms with Crippen LogP contribution in [-0.2, 0) is 10.0 Å². The van der Waals surface area contributed by atoms with E-state index in [0.29, 0.717) is 22.5 Å². The molecular weight excluding hydrogens is 390 g/mol. The zero-order chi connectivity index (χ0) is 21.8. The zero-order valence-electron chi connectivity index (χ0n) is 17.3. The van der Waals surface area contributed by atoms with Crippen LogP contribution in [-0.4, -0.2) is 39.6 Å². The van der Waals surface area contributed by atoms with Crippen molar-refractivity contribution < 1.29 is 18.0 Å². The topological polar surface area (TPSA) is 95.6 Å². The lowest BCUT2D eigenvalue weighted by molar-refractivity contribution is 0.0940. The van der Waals surface area contributed by atoms with Gasteiger partial charge in [0.1, 0.15) is 0 Å². The Bertz CT molecular complexity index is 1020. The minimum atomic E-state index is -3.46. The molecule has 0 heterocycles. The van der Waals surface area contributed by atoms with Crippen molar-refractivity contribution in [3.05, 3.63) is 59.2 Å². The number of hydrogen-bond donors (Lipinski definition) is 2. The molecule has 2 amide bonds. The molecule has 0 aliphatic carbocycles. The summed E-state index contributed by atoms with van der Waals surface area (Å²) in [4.78, 5) is 25.3. The van der Waals surface area contributed by atoms with E-state index in [4.69, 9.17) is 0 Å². The Morgan fingerprint density at radius 2 is 1.76 bits per heavy atom. The fraction of sp³-hybridized carbons (Fsp3) is 0.333. The summed E-state index contributed by atoms with van der Waals surface area (Å²) in [5, 5.41) is 5.64. The Balaban J connectivity index is 2.31. The first kappa shape index (κ1) is 22.4. The van der Waals surface area contributed by atoms with Crippen LogP contribution in [0, 0.1) is 6.92 Å². The average Bonchev–Trinajstić information content (AvgIpc) is 2.67. The molecule has 0 aromatic heterocycles. The maximum Gasteiger partial charge on any atom is 0.255 e. The molecule has 29 heavy (non-hydrogen) atoms. The second-order valence-corrected chi connectivity index (χ2v) is 9.03. The summed E-state index contributed by atoms with van der Waals surface area (Å²) in [5.41, 5.74) is 2.18. The molecule has 0 fully saturated rings. The molecule has 0 aliphatic heterocycles. The van der Waals surface area contributed by atoms with Crippen LogP contribution in [0.15, 0.2) is 42.5 Å². The Hall–Kier alpha value is -2.87. The van der Waals surface area contributed by atoms with E-state index < -0.39 is 15.9 Å². The highest BCUT2D eigenvalue weighted by Crippen LogP contribution is 2.24. The van der Waals surface area contributed by atoms with Crippen LogP contribution in [0.25, 0.3) is 0 Å². The third-order valence-electron chi connectivity index (χ3n) is 4.72. The van der Waals surface area contributed by atoms with Gasteiger partial charge >= 0.3 is 0 Å². The summed E-state index contributed by atoms with van der Waals surface area (Å²) >= 11 is 0. The zero-order valence-corrected chi connectivity index (χ0v) is 18.1. The lowest BCUT2D eigenvalue weighted by Crippen LogP contribution is -2.32. The first-order valence-corrected chi connectivity index (χ1v) is 11.1. The summed E-state index contributed by atoms with van der Waals surface area (Å²) in [6.45, 7) is 5.65. The van der Waals surface area contributed by atoms with E-state index in [2.05, 4.69) is 10.6 Å².